The summed E-state index contributed by atoms with van der Waals surface area (Å²) in [4.78, 5) is 0. The zero-order chi connectivity index (χ0) is 31.8. The maximum atomic E-state index is 2.58. The highest BCUT2D eigenvalue weighted by atomic mass is 35.5. The minimum Gasteiger partial charge on any atom is -1.00 e. The molecule has 0 N–H and O–H groups in total. The van der Waals surface area contributed by atoms with Crippen LogP contribution in [-0.4, -0.2) is 23.1 Å². The van der Waals surface area contributed by atoms with Crippen molar-refractivity contribution in [3.05, 3.63) is 35.9 Å². The molecule has 1 aromatic carbocycles. The highest BCUT2D eigenvalue weighted by Crippen LogP contribution is 2.48. The van der Waals surface area contributed by atoms with E-state index < -0.39 is 0 Å². The molecule has 6 atom stereocenters. The summed E-state index contributed by atoms with van der Waals surface area (Å²) in [5.74, 6) is 5.06. The number of hydrogen-bond donors (Lipinski definition) is 0. The van der Waals surface area contributed by atoms with Crippen LogP contribution >= 0.6 is 0 Å². The second kappa shape index (κ2) is 22.2. The van der Waals surface area contributed by atoms with Gasteiger partial charge in [0.1, 0.15) is 6.54 Å². The van der Waals surface area contributed by atoms with Gasteiger partial charge in [0.2, 0.25) is 0 Å². The fraction of sp³-hybridized carbons (Fsp3) is 0.860. The predicted octanol–water partition coefficient (Wildman–Crippen LogP) is 10.4. The zero-order valence-electron chi connectivity index (χ0n) is 31.4. The van der Waals surface area contributed by atoms with Gasteiger partial charge >= 0.3 is 0 Å². The van der Waals surface area contributed by atoms with E-state index >= 15 is 0 Å². The van der Waals surface area contributed by atoms with Crippen molar-refractivity contribution in [3.63, 3.8) is 0 Å². The van der Waals surface area contributed by atoms with Crippen molar-refractivity contribution in [2.75, 3.05) is 6.54 Å². The van der Waals surface area contributed by atoms with E-state index in [1.54, 1.807) is 5.56 Å². The monoisotopic (exact) mass is 644 g/mol. The Morgan fingerprint density at radius 2 is 0.978 bits per heavy atom. The smallest absolute Gasteiger partial charge is 0.105 e. The summed E-state index contributed by atoms with van der Waals surface area (Å²) in [5, 5.41) is 0. The molecular weight excluding hydrogens is 566 g/mol. The van der Waals surface area contributed by atoms with E-state index in [0.717, 1.165) is 47.6 Å². The average Bonchev–Trinajstić information content (AvgIpc) is 3.00. The number of hydrogen-bond acceptors (Lipinski definition) is 0. The summed E-state index contributed by atoms with van der Waals surface area (Å²) in [7, 11) is 0. The molecule has 0 heterocycles. The van der Waals surface area contributed by atoms with Gasteiger partial charge in [-0.3, -0.25) is 0 Å². The third-order valence-corrected chi connectivity index (χ3v) is 12.5. The lowest BCUT2D eigenvalue weighted by Crippen LogP contribution is -3.00. The van der Waals surface area contributed by atoms with Crippen LogP contribution in [0.15, 0.2) is 30.3 Å². The average molecular weight is 645 g/mol. The third kappa shape index (κ3) is 13.1. The lowest BCUT2D eigenvalue weighted by Gasteiger charge is -2.59. The number of benzene rings is 1. The predicted molar refractivity (Wildman–Crippen MR) is 196 cm³/mol. The van der Waals surface area contributed by atoms with Gasteiger partial charge in [0.25, 0.3) is 0 Å². The van der Waals surface area contributed by atoms with E-state index in [1.165, 1.54) is 146 Å². The Morgan fingerprint density at radius 1 is 0.578 bits per heavy atom. The Morgan fingerprint density at radius 3 is 1.38 bits per heavy atom. The van der Waals surface area contributed by atoms with Crippen molar-refractivity contribution in [2.45, 2.75) is 196 Å². The van der Waals surface area contributed by atoms with E-state index in [1.807, 2.05) is 0 Å². The van der Waals surface area contributed by atoms with Gasteiger partial charge in [0, 0.05) is 30.2 Å². The van der Waals surface area contributed by atoms with Crippen LogP contribution in [0.25, 0.3) is 0 Å². The van der Waals surface area contributed by atoms with Crippen molar-refractivity contribution in [1.29, 1.82) is 0 Å². The summed E-state index contributed by atoms with van der Waals surface area (Å²) in [5.41, 5.74) is 1.60. The van der Waals surface area contributed by atoms with E-state index in [0.29, 0.717) is 0 Å². The van der Waals surface area contributed by atoms with Crippen molar-refractivity contribution in [2.24, 2.45) is 35.5 Å². The first-order chi connectivity index (χ1) is 21.3. The molecule has 262 valence electrons. The SMILES string of the molecule is CCCCCCCCCCCCCCCC[N+](Cc1ccccc1)(C1CC(C)CCC1C(C)C)C1CC(C)CCC1C(C)C.[Cl-]. The molecule has 0 radical (unpaired) electrons. The van der Waals surface area contributed by atoms with Gasteiger partial charge in [-0.1, -0.05) is 156 Å². The van der Waals surface area contributed by atoms with E-state index in [-0.39, 0.29) is 12.4 Å². The maximum absolute atomic E-state index is 2.58. The van der Waals surface area contributed by atoms with Gasteiger partial charge in [0.05, 0.1) is 18.6 Å². The van der Waals surface area contributed by atoms with Gasteiger partial charge in [-0.15, -0.1) is 0 Å². The summed E-state index contributed by atoms with van der Waals surface area (Å²) < 4.78 is 1.41. The Bertz CT molecular complexity index is 817. The first-order valence-electron chi connectivity index (χ1n) is 20.2. The number of nitrogens with zero attached hydrogens (tertiary/aromatic N) is 1. The Balaban J connectivity index is 0.00000705. The zero-order valence-corrected chi connectivity index (χ0v) is 32.1. The van der Waals surface area contributed by atoms with Gasteiger partial charge < -0.3 is 16.9 Å². The van der Waals surface area contributed by atoms with Gasteiger partial charge in [-0.05, 0) is 62.2 Å². The molecule has 2 saturated carbocycles. The molecule has 1 aromatic rings. The van der Waals surface area contributed by atoms with Crippen LogP contribution in [0.3, 0.4) is 0 Å². The van der Waals surface area contributed by atoms with Crippen LogP contribution in [0.5, 0.6) is 0 Å². The summed E-state index contributed by atoms with van der Waals surface area (Å²) in [6.45, 7) is 20.4. The van der Waals surface area contributed by atoms with Crippen molar-refractivity contribution < 1.29 is 16.9 Å². The summed E-state index contributed by atoms with van der Waals surface area (Å²) >= 11 is 0. The Kier molecular flexibility index (Phi) is 20.0. The fourth-order valence-corrected chi connectivity index (χ4v) is 9.90. The molecule has 0 saturated heterocycles. The van der Waals surface area contributed by atoms with Crippen LogP contribution in [0.4, 0.5) is 0 Å². The summed E-state index contributed by atoms with van der Waals surface area (Å²) in [6, 6.07) is 13.4. The van der Waals surface area contributed by atoms with Gasteiger partial charge in [-0.25, -0.2) is 0 Å². The Hall–Kier alpha value is -0.530. The van der Waals surface area contributed by atoms with Crippen molar-refractivity contribution in [1.82, 2.24) is 0 Å². The quantitative estimate of drug-likeness (QED) is 0.0923. The first-order valence-corrected chi connectivity index (χ1v) is 20.2. The molecule has 1 nitrogen and oxygen atoms in total. The van der Waals surface area contributed by atoms with E-state index in [4.69, 9.17) is 0 Å². The molecule has 0 aromatic heterocycles. The molecule has 0 bridgehead atoms. The first kappa shape index (κ1) is 40.6. The largest absolute Gasteiger partial charge is 1.00 e. The van der Waals surface area contributed by atoms with Crippen LogP contribution in [-0.2, 0) is 6.54 Å². The Labute approximate surface area is 289 Å². The molecular formula is C43H78ClN. The molecule has 2 heteroatoms. The van der Waals surface area contributed by atoms with Crippen molar-refractivity contribution >= 4 is 0 Å². The minimum atomic E-state index is 0. The number of rotatable bonds is 21. The molecule has 6 unspecified atom stereocenters. The second-order valence-electron chi connectivity index (χ2n) is 16.9. The van der Waals surface area contributed by atoms with Crippen LogP contribution in [0, 0.1) is 35.5 Å². The topological polar surface area (TPSA) is 0 Å². The van der Waals surface area contributed by atoms with Gasteiger partial charge in [-0.2, -0.15) is 0 Å². The molecule has 0 spiro atoms. The molecule has 3 rings (SSSR count). The normalized spacial score (nSPS) is 27.0. The van der Waals surface area contributed by atoms with E-state index in [2.05, 4.69) is 78.8 Å². The second-order valence-corrected chi connectivity index (χ2v) is 16.9. The van der Waals surface area contributed by atoms with Crippen LogP contribution in [0.2, 0.25) is 0 Å². The minimum absolute atomic E-state index is 0. The standard InChI is InChI=1S/C43H78N.ClH/c1-8-9-10-11-12-13-14-15-16-17-18-19-20-24-31-44(34-39-25-22-21-23-26-39,42-32-37(6)27-29-40(42)35(2)3)43-33-38(7)28-30-41(43)36(4)5;/h21-23,25-26,35-38,40-43H,8-20,24,27-34H2,1-7H3;1H/q+1;/p-1. The molecule has 2 aliphatic rings. The molecule has 0 amide bonds. The highest BCUT2D eigenvalue weighted by Gasteiger charge is 2.53. The van der Waals surface area contributed by atoms with E-state index in [9.17, 15) is 0 Å². The summed E-state index contributed by atoms with van der Waals surface area (Å²) in [6.07, 6.45) is 29.0. The fourth-order valence-electron chi connectivity index (χ4n) is 9.90. The number of quaternary nitrogens is 1. The van der Waals surface area contributed by atoms with Crippen molar-refractivity contribution in [3.8, 4) is 0 Å². The number of unbranched alkanes of at least 4 members (excludes halogenated alkanes) is 13. The lowest BCUT2D eigenvalue weighted by molar-refractivity contribution is -0.995. The molecule has 2 fully saturated rings. The highest BCUT2D eigenvalue weighted by molar-refractivity contribution is 5.14. The maximum Gasteiger partial charge on any atom is 0.105 e. The molecule has 2 aliphatic carbocycles. The van der Waals surface area contributed by atoms with Gasteiger partial charge in [0.15, 0.2) is 0 Å². The third-order valence-electron chi connectivity index (χ3n) is 12.5. The molecule has 0 aliphatic heterocycles. The van der Waals surface area contributed by atoms with Crippen LogP contribution < -0.4 is 12.4 Å². The number of halogens is 1. The van der Waals surface area contributed by atoms with Crippen LogP contribution in [0.1, 0.15) is 182 Å². The molecule has 45 heavy (non-hydrogen) atoms. The lowest BCUT2D eigenvalue weighted by atomic mass is 9.67.